The Morgan fingerprint density at radius 1 is 1.34 bits per heavy atom. The van der Waals surface area contributed by atoms with Crippen molar-refractivity contribution >= 4 is 40.4 Å². The predicted molar refractivity (Wildman–Crippen MR) is 137 cm³/mol. The number of rotatable bonds is 11. The van der Waals surface area contributed by atoms with Crippen LogP contribution in [0.1, 0.15) is 64.5 Å². The van der Waals surface area contributed by atoms with Crippen molar-refractivity contribution in [3.8, 4) is 0 Å². The summed E-state index contributed by atoms with van der Waals surface area (Å²) in [6, 6.07) is -3.54. The fraction of sp³-hybridized carbons (Fsp3) is 0.625. The topological polar surface area (TPSA) is 107 Å². The summed E-state index contributed by atoms with van der Waals surface area (Å²) in [7, 11) is 0. The summed E-state index contributed by atoms with van der Waals surface area (Å²) < 4.78 is 67.6. The minimum atomic E-state index is -4.63. The number of hydrogen-bond donors (Lipinski definition) is 3. The Balaban J connectivity index is 2.51. The van der Waals surface area contributed by atoms with Crippen molar-refractivity contribution in [2.24, 2.45) is 4.99 Å². The lowest BCUT2D eigenvalue weighted by Crippen LogP contribution is -2.45. The molecule has 4 atom stereocenters. The quantitative estimate of drug-likeness (QED) is 0.163. The molecule has 0 spiro atoms. The zero-order chi connectivity index (χ0) is 28.8. The maximum Gasteiger partial charge on any atom is 0.408 e. The fourth-order valence-corrected chi connectivity index (χ4v) is 4.27. The number of amides is 2. The molecule has 0 aliphatic carbocycles. The van der Waals surface area contributed by atoms with Crippen molar-refractivity contribution in [2.45, 2.75) is 83.7 Å². The molecule has 0 radical (unpaired) electrons. The average molecular weight is 566 g/mol. The number of anilines is 1. The number of aliphatic imine (C=N–C) groups is 1. The van der Waals surface area contributed by atoms with Crippen LogP contribution in [0.15, 0.2) is 17.3 Å². The van der Waals surface area contributed by atoms with Gasteiger partial charge in [0.15, 0.2) is 6.04 Å². The SMILES string of the molecule is CC[C@H](Nc1cc(C(F)F)c(C(=S)C(/N=C(\C)C(=O)N[C@H](C)CO)C(=O)N2CCC[C@@H]2C)cn1)C(F)(F)F. The normalized spacial score (nSPS) is 18.8. The largest absolute Gasteiger partial charge is 0.408 e. The van der Waals surface area contributed by atoms with Gasteiger partial charge in [0.2, 0.25) is 0 Å². The highest BCUT2D eigenvalue weighted by Crippen LogP contribution is 2.30. The molecule has 8 nitrogen and oxygen atoms in total. The minimum absolute atomic E-state index is 0.167. The Hall–Kier alpha value is -2.74. The van der Waals surface area contributed by atoms with Gasteiger partial charge in [0.25, 0.3) is 18.2 Å². The minimum Gasteiger partial charge on any atom is -0.394 e. The molecule has 2 rings (SSSR count). The summed E-state index contributed by atoms with van der Waals surface area (Å²) in [6.07, 6.45) is -5.82. The molecule has 1 saturated heterocycles. The second-order valence-corrected chi connectivity index (χ2v) is 9.61. The van der Waals surface area contributed by atoms with Gasteiger partial charge in [0.1, 0.15) is 11.9 Å². The molecule has 0 aromatic carbocycles. The van der Waals surface area contributed by atoms with Crippen LogP contribution in [-0.2, 0) is 9.59 Å². The number of aliphatic hydroxyl groups is 1. The smallest absolute Gasteiger partial charge is 0.394 e. The van der Waals surface area contributed by atoms with Gasteiger partial charge in [-0.15, -0.1) is 0 Å². The molecule has 38 heavy (non-hydrogen) atoms. The average Bonchev–Trinajstić information content (AvgIpc) is 3.29. The lowest BCUT2D eigenvalue weighted by molar-refractivity contribution is -0.143. The first-order chi connectivity index (χ1) is 17.7. The van der Waals surface area contributed by atoms with E-state index in [1.165, 1.54) is 18.7 Å². The molecule has 1 unspecified atom stereocenters. The van der Waals surface area contributed by atoms with Gasteiger partial charge in [-0.05, 0) is 46.1 Å². The summed E-state index contributed by atoms with van der Waals surface area (Å²) in [5.74, 6) is -1.71. The number of alkyl halides is 5. The van der Waals surface area contributed by atoms with Gasteiger partial charge >= 0.3 is 6.18 Å². The number of halogens is 5. The number of nitrogens with one attached hydrogen (secondary N) is 2. The van der Waals surface area contributed by atoms with Gasteiger partial charge in [-0.2, -0.15) is 13.2 Å². The number of carbonyl (C=O) groups is 2. The molecule has 0 saturated carbocycles. The third-order valence-corrected chi connectivity index (χ3v) is 6.63. The first kappa shape index (κ1) is 31.5. The van der Waals surface area contributed by atoms with Crippen LogP contribution in [-0.4, -0.2) is 80.9 Å². The van der Waals surface area contributed by atoms with Crippen LogP contribution in [0, 0.1) is 0 Å². The number of aromatic nitrogens is 1. The van der Waals surface area contributed by atoms with Crippen LogP contribution in [0.4, 0.5) is 27.8 Å². The number of thiocarbonyl (C=S) groups is 1. The van der Waals surface area contributed by atoms with E-state index in [2.05, 4.69) is 20.6 Å². The summed E-state index contributed by atoms with van der Waals surface area (Å²) in [6.45, 7) is 6.01. The molecular formula is C24H32F5N5O3S. The van der Waals surface area contributed by atoms with E-state index in [4.69, 9.17) is 12.2 Å². The van der Waals surface area contributed by atoms with Gasteiger partial charge in [0.05, 0.1) is 17.2 Å². The molecule has 0 bridgehead atoms. The third-order valence-electron chi connectivity index (χ3n) is 6.18. The maximum atomic E-state index is 14.1. The Morgan fingerprint density at radius 2 is 2.00 bits per heavy atom. The van der Waals surface area contributed by atoms with Crippen molar-refractivity contribution in [2.75, 3.05) is 18.5 Å². The number of likely N-dealkylation sites (tertiary alicyclic amines) is 1. The first-order valence-corrected chi connectivity index (χ1v) is 12.5. The highest BCUT2D eigenvalue weighted by atomic mass is 32.1. The van der Waals surface area contributed by atoms with E-state index >= 15 is 0 Å². The Morgan fingerprint density at radius 3 is 2.50 bits per heavy atom. The lowest BCUT2D eigenvalue weighted by Gasteiger charge is -2.26. The molecule has 1 aliphatic rings. The van der Waals surface area contributed by atoms with E-state index in [1.54, 1.807) is 6.92 Å². The zero-order valence-corrected chi connectivity index (χ0v) is 22.3. The predicted octanol–water partition coefficient (Wildman–Crippen LogP) is 3.83. The Bertz CT molecular complexity index is 1050. The van der Waals surface area contributed by atoms with Crippen LogP contribution >= 0.6 is 12.2 Å². The van der Waals surface area contributed by atoms with E-state index in [9.17, 15) is 36.6 Å². The zero-order valence-electron chi connectivity index (χ0n) is 21.5. The van der Waals surface area contributed by atoms with Crippen LogP contribution in [0.5, 0.6) is 0 Å². The Labute approximate surface area is 223 Å². The van der Waals surface area contributed by atoms with Gasteiger partial charge in [0, 0.05) is 36.0 Å². The van der Waals surface area contributed by atoms with E-state index in [1.807, 2.05) is 6.92 Å². The molecule has 1 aromatic heterocycles. The summed E-state index contributed by atoms with van der Waals surface area (Å²) in [5, 5.41) is 13.8. The molecule has 1 aromatic rings. The third kappa shape index (κ3) is 7.88. The summed E-state index contributed by atoms with van der Waals surface area (Å²) in [5.41, 5.74) is -1.21. The molecule has 2 amide bonds. The number of aliphatic hydroxyl groups excluding tert-OH is 1. The molecule has 3 N–H and O–H groups in total. The van der Waals surface area contributed by atoms with E-state index in [0.29, 0.717) is 19.4 Å². The van der Waals surface area contributed by atoms with Crippen LogP contribution in [0.2, 0.25) is 0 Å². The molecule has 14 heteroatoms. The van der Waals surface area contributed by atoms with Gasteiger partial charge in [-0.25, -0.2) is 13.8 Å². The maximum absolute atomic E-state index is 14.1. The first-order valence-electron chi connectivity index (χ1n) is 12.1. The van der Waals surface area contributed by atoms with Crippen molar-refractivity contribution in [3.63, 3.8) is 0 Å². The van der Waals surface area contributed by atoms with Crippen LogP contribution in [0.3, 0.4) is 0 Å². The second kappa shape index (κ2) is 13.4. The summed E-state index contributed by atoms with van der Waals surface area (Å²) in [4.78, 5) is 35.2. The fourth-order valence-electron chi connectivity index (χ4n) is 3.95. The molecule has 1 fully saturated rings. The molecule has 212 valence electrons. The van der Waals surface area contributed by atoms with Crippen LogP contribution in [0.25, 0.3) is 0 Å². The lowest BCUT2D eigenvalue weighted by atomic mass is 10.0. The van der Waals surface area contributed by atoms with Crippen molar-refractivity contribution < 1.29 is 36.6 Å². The molecule has 1 aliphatic heterocycles. The van der Waals surface area contributed by atoms with Crippen molar-refractivity contribution in [1.82, 2.24) is 15.2 Å². The van der Waals surface area contributed by atoms with Crippen molar-refractivity contribution in [3.05, 3.63) is 23.4 Å². The van der Waals surface area contributed by atoms with Crippen LogP contribution < -0.4 is 10.6 Å². The van der Waals surface area contributed by atoms with Gasteiger partial charge < -0.3 is 20.6 Å². The summed E-state index contributed by atoms with van der Waals surface area (Å²) >= 11 is 5.43. The number of hydrogen-bond acceptors (Lipinski definition) is 7. The highest BCUT2D eigenvalue weighted by molar-refractivity contribution is 7.81. The Kier molecular flexibility index (Phi) is 11.1. The second-order valence-electron chi connectivity index (χ2n) is 9.17. The van der Waals surface area contributed by atoms with Gasteiger partial charge in [-0.3, -0.25) is 14.6 Å². The van der Waals surface area contributed by atoms with Gasteiger partial charge in [-0.1, -0.05) is 19.1 Å². The van der Waals surface area contributed by atoms with E-state index < -0.39 is 53.9 Å². The molecule has 2 heterocycles. The highest BCUT2D eigenvalue weighted by Gasteiger charge is 2.39. The van der Waals surface area contributed by atoms with Crippen molar-refractivity contribution in [1.29, 1.82) is 0 Å². The standard InChI is InChI=1S/C24H32F5N5O3S/c1-5-17(24(27,28)29)33-18-9-15(21(25)26)16(10-30-18)20(38)19(23(37)34-8-6-7-13(34)3)32-14(4)22(36)31-12(2)11-35/h9-10,12-13,17,19,21,35H,5-8,11H2,1-4H3,(H,30,33)(H,31,36)/b32-14+/t12-,13+,17+,19?/m1/s1. The number of pyridine rings is 1. The van der Waals surface area contributed by atoms with E-state index in [-0.39, 0.29) is 35.2 Å². The van der Waals surface area contributed by atoms with E-state index in [0.717, 1.165) is 12.3 Å². The number of nitrogens with zero attached hydrogens (tertiary/aromatic N) is 3. The monoisotopic (exact) mass is 565 g/mol. The number of carbonyl (C=O) groups excluding carboxylic acids is 2. The molecular weight excluding hydrogens is 533 g/mol.